The van der Waals surface area contributed by atoms with E-state index in [1.165, 1.54) is 24.3 Å². The molecular formula is C15H11F2NO4S. The number of hydrogen-bond acceptors (Lipinski definition) is 5. The summed E-state index contributed by atoms with van der Waals surface area (Å²) in [7, 11) is 0. The second-order valence-corrected chi connectivity index (χ2v) is 5.84. The minimum absolute atomic E-state index is 0.0629. The molecule has 0 fully saturated rings. The Morgan fingerprint density at radius 1 is 1.26 bits per heavy atom. The average Bonchev–Trinajstić information content (AvgIpc) is 2.53. The molecule has 0 aromatic heterocycles. The first-order valence-electron chi connectivity index (χ1n) is 6.63. The number of nitro groups is 1. The van der Waals surface area contributed by atoms with Crippen molar-refractivity contribution < 1.29 is 23.2 Å². The Bertz CT molecular complexity index is 769. The lowest BCUT2D eigenvalue weighted by atomic mass is 10.1. The summed E-state index contributed by atoms with van der Waals surface area (Å²) in [5, 5.41) is 11.0. The molecule has 23 heavy (non-hydrogen) atoms. The zero-order valence-electron chi connectivity index (χ0n) is 11.8. The highest BCUT2D eigenvalue weighted by molar-refractivity contribution is 7.98. The van der Waals surface area contributed by atoms with Crippen LogP contribution in [0.4, 0.5) is 14.5 Å². The number of ether oxygens (including phenoxy) is 2. The summed E-state index contributed by atoms with van der Waals surface area (Å²) in [4.78, 5) is 10.8. The van der Waals surface area contributed by atoms with Crippen LogP contribution in [0.3, 0.4) is 0 Å². The number of non-ortho nitro benzene ring substituents is 1. The molecular weight excluding hydrogens is 328 g/mol. The van der Waals surface area contributed by atoms with Crippen molar-refractivity contribution in [1.29, 1.82) is 0 Å². The van der Waals surface area contributed by atoms with Gasteiger partial charge in [0, 0.05) is 40.0 Å². The number of benzene rings is 2. The maximum atomic E-state index is 13.7. The third-order valence-electron chi connectivity index (χ3n) is 3.26. The molecule has 0 bridgehead atoms. The first-order chi connectivity index (χ1) is 11.0. The monoisotopic (exact) mass is 339 g/mol. The van der Waals surface area contributed by atoms with Crippen molar-refractivity contribution in [2.24, 2.45) is 0 Å². The third kappa shape index (κ3) is 3.43. The van der Waals surface area contributed by atoms with Gasteiger partial charge in [0.25, 0.3) is 5.69 Å². The third-order valence-corrected chi connectivity index (χ3v) is 4.36. The number of fused-ring (bicyclic) bond motifs is 1. The maximum Gasteiger partial charge on any atom is 0.270 e. The molecule has 5 nitrogen and oxygen atoms in total. The van der Waals surface area contributed by atoms with Gasteiger partial charge in [-0.25, -0.2) is 8.78 Å². The van der Waals surface area contributed by atoms with Crippen LogP contribution >= 0.6 is 11.8 Å². The SMILES string of the molecule is O=[N+]([O-])c1cc2c(c(CSc3ccc(F)cc3F)c1)OCOC2. The van der Waals surface area contributed by atoms with E-state index in [-0.39, 0.29) is 29.7 Å². The molecule has 3 rings (SSSR count). The standard InChI is InChI=1S/C15H11F2NO4S/c16-11-1-2-14(13(17)5-11)23-7-10-4-12(18(19)20)3-9-6-21-8-22-15(9)10/h1-5H,6-8H2. The van der Waals surface area contributed by atoms with Gasteiger partial charge in [-0.2, -0.15) is 0 Å². The topological polar surface area (TPSA) is 61.6 Å². The van der Waals surface area contributed by atoms with E-state index in [1.54, 1.807) is 0 Å². The molecule has 0 spiro atoms. The molecule has 0 atom stereocenters. The molecule has 2 aromatic rings. The van der Waals surface area contributed by atoms with Crippen LogP contribution in [0.2, 0.25) is 0 Å². The smallest absolute Gasteiger partial charge is 0.270 e. The minimum atomic E-state index is -0.668. The molecule has 1 aliphatic rings. The Morgan fingerprint density at radius 3 is 2.83 bits per heavy atom. The van der Waals surface area contributed by atoms with Crippen LogP contribution in [-0.2, 0) is 17.1 Å². The Labute approximate surface area is 134 Å². The zero-order valence-corrected chi connectivity index (χ0v) is 12.6. The number of nitrogens with zero attached hydrogens (tertiary/aromatic N) is 1. The van der Waals surface area contributed by atoms with Crippen LogP contribution in [0, 0.1) is 21.7 Å². The molecule has 0 saturated heterocycles. The summed E-state index contributed by atoms with van der Waals surface area (Å²) in [6.45, 7) is 0.285. The van der Waals surface area contributed by atoms with Crippen molar-refractivity contribution in [2.45, 2.75) is 17.3 Å². The summed E-state index contributed by atoms with van der Waals surface area (Å²) in [6.07, 6.45) is 0. The highest BCUT2D eigenvalue weighted by Gasteiger charge is 2.21. The number of hydrogen-bond donors (Lipinski definition) is 0. The van der Waals surface area contributed by atoms with Gasteiger partial charge in [-0.3, -0.25) is 10.1 Å². The summed E-state index contributed by atoms with van der Waals surface area (Å²) < 4.78 is 37.1. The van der Waals surface area contributed by atoms with Crippen LogP contribution in [0.5, 0.6) is 5.75 Å². The lowest BCUT2D eigenvalue weighted by molar-refractivity contribution is -0.385. The van der Waals surface area contributed by atoms with Crippen molar-refractivity contribution in [3.63, 3.8) is 0 Å². The van der Waals surface area contributed by atoms with E-state index in [0.717, 1.165) is 17.8 Å². The van der Waals surface area contributed by atoms with Gasteiger partial charge >= 0.3 is 0 Å². The van der Waals surface area contributed by atoms with E-state index in [4.69, 9.17) is 9.47 Å². The van der Waals surface area contributed by atoms with Crippen molar-refractivity contribution in [3.05, 3.63) is 63.2 Å². The molecule has 0 radical (unpaired) electrons. The van der Waals surface area contributed by atoms with Crippen molar-refractivity contribution in [2.75, 3.05) is 6.79 Å². The van der Waals surface area contributed by atoms with E-state index in [2.05, 4.69) is 0 Å². The maximum absolute atomic E-state index is 13.7. The van der Waals surface area contributed by atoms with Crippen LogP contribution < -0.4 is 4.74 Å². The Balaban J connectivity index is 1.89. The zero-order chi connectivity index (χ0) is 16.4. The summed E-state index contributed by atoms with van der Waals surface area (Å²) in [6, 6.07) is 6.11. The van der Waals surface area contributed by atoms with Crippen LogP contribution in [-0.4, -0.2) is 11.7 Å². The van der Waals surface area contributed by atoms with E-state index < -0.39 is 16.6 Å². The second-order valence-electron chi connectivity index (χ2n) is 4.82. The fraction of sp³-hybridized carbons (Fsp3) is 0.200. The largest absolute Gasteiger partial charge is 0.467 e. The molecule has 120 valence electrons. The van der Waals surface area contributed by atoms with Gasteiger partial charge in [0.15, 0.2) is 6.79 Å². The van der Waals surface area contributed by atoms with E-state index in [0.29, 0.717) is 16.9 Å². The highest BCUT2D eigenvalue weighted by atomic mass is 32.2. The van der Waals surface area contributed by atoms with Crippen LogP contribution in [0.1, 0.15) is 11.1 Å². The first-order valence-corrected chi connectivity index (χ1v) is 7.62. The number of rotatable bonds is 4. The molecule has 0 amide bonds. The molecule has 0 saturated carbocycles. The van der Waals surface area contributed by atoms with Gasteiger partial charge in [-0.1, -0.05) is 0 Å². The summed E-state index contributed by atoms with van der Waals surface area (Å²) >= 11 is 1.12. The molecule has 2 aromatic carbocycles. The average molecular weight is 339 g/mol. The van der Waals surface area contributed by atoms with Crippen LogP contribution in [0.15, 0.2) is 35.2 Å². The van der Waals surface area contributed by atoms with Gasteiger partial charge in [0.2, 0.25) is 0 Å². The predicted molar refractivity (Wildman–Crippen MR) is 79.3 cm³/mol. The van der Waals surface area contributed by atoms with Gasteiger partial charge < -0.3 is 9.47 Å². The van der Waals surface area contributed by atoms with E-state index >= 15 is 0 Å². The normalized spacial score (nSPS) is 13.3. The Hall–Kier alpha value is -2.19. The van der Waals surface area contributed by atoms with Gasteiger partial charge in [-0.15, -0.1) is 11.8 Å². The van der Waals surface area contributed by atoms with Crippen molar-refractivity contribution in [3.8, 4) is 5.75 Å². The lowest BCUT2D eigenvalue weighted by Gasteiger charge is -2.20. The molecule has 0 aliphatic carbocycles. The van der Waals surface area contributed by atoms with Crippen LogP contribution in [0.25, 0.3) is 0 Å². The number of nitro benzene ring substituents is 1. The number of halogens is 2. The van der Waals surface area contributed by atoms with Gasteiger partial charge in [0.1, 0.15) is 17.4 Å². The molecule has 1 aliphatic heterocycles. The Kier molecular flexibility index (Phi) is 4.44. The molecule has 1 heterocycles. The quantitative estimate of drug-likeness (QED) is 0.478. The predicted octanol–water partition coefficient (Wildman–Crippen LogP) is 4.03. The number of thioether (sulfide) groups is 1. The fourth-order valence-corrected chi connectivity index (χ4v) is 3.13. The van der Waals surface area contributed by atoms with Gasteiger partial charge in [0.05, 0.1) is 11.5 Å². The summed E-state index contributed by atoms with van der Waals surface area (Å²) in [5.41, 5.74) is 1.08. The minimum Gasteiger partial charge on any atom is -0.467 e. The lowest BCUT2D eigenvalue weighted by Crippen LogP contribution is -2.13. The second kappa shape index (κ2) is 6.51. The van der Waals surface area contributed by atoms with Crippen molar-refractivity contribution in [1.82, 2.24) is 0 Å². The molecule has 0 unspecified atom stereocenters. The summed E-state index contributed by atoms with van der Waals surface area (Å²) in [5.74, 6) is -0.539. The first kappa shape index (κ1) is 15.7. The van der Waals surface area contributed by atoms with E-state index in [1.807, 2.05) is 0 Å². The molecule has 0 N–H and O–H groups in total. The van der Waals surface area contributed by atoms with Gasteiger partial charge in [-0.05, 0) is 12.1 Å². The highest BCUT2D eigenvalue weighted by Crippen LogP contribution is 2.36. The molecule has 8 heteroatoms. The fourth-order valence-electron chi connectivity index (χ4n) is 2.24. The van der Waals surface area contributed by atoms with Crippen molar-refractivity contribution >= 4 is 17.4 Å². The Morgan fingerprint density at radius 2 is 2.09 bits per heavy atom. The van der Waals surface area contributed by atoms with E-state index in [9.17, 15) is 18.9 Å².